The first kappa shape index (κ1) is 17.2. The summed E-state index contributed by atoms with van der Waals surface area (Å²) < 4.78 is 1.91. The van der Waals surface area contributed by atoms with E-state index in [1.54, 1.807) is 6.20 Å². The third-order valence-corrected chi connectivity index (χ3v) is 7.38. The highest BCUT2D eigenvalue weighted by atomic mass is 16.1. The first-order valence-electron chi connectivity index (χ1n) is 10.8. The van der Waals surface area contributed by atoms with E-state index in [1.807, 2.05) is 47.1 Å². The van der Waals surface area contributed by atoms with Crippen LogP contribution in [0.15, 0.2) is 48.9 Å². The highest BCUT2D eigenvalue weighted by Crippen LogP contribution is 2.61. The number of aromatic nitrogens is 3. The Bertz CT molecular complexity index is 1020. The zero-order valence-corrected chi connectivity index (χ0v) is 16.6. The number of nitrogens with zero attached hydrogens (tertiary/aromatic N) is 3. The Labute approximate surface area is 170 Å². The number of carbonyl (C=O) groups excluding carboxylic acids is 1. The molecule has 3 aromatic rings. The van der Waals surface area contributed by atoms with Crippen molar-refractivity contribution in [1.29, 1.82) is 0 Å². The maximum Gasteiger partial charge on any atom is 0.234 e. The van der Waals surface area contributed by atoms with E-state index < -0.39 is 0 Å². The molecule has 1 N–H and O–H groups in total. The van der Waals surface area contributed by atoms with Gasteiger partial charge in [0.05, 0.1) is 5.69 Å². The molecule has 4 fully saturated rings. The Morgan fingerprint density at radius 3 is 2.59 bits per heavy atom. The van der Waals surface area contributed by atoms with Gasteiger partial charge >= 0.3 is 0 Å². The van der Waals surface area contributed by atoms with Gasteiger partial charge in [-0.25, -0.2) is 9.97 Å². The van der Waals surface area contributed by atoms with Crippen molar-refractivity contribution >= 4 is 17.4 Å². The van der Waals surface area contributed by atoms with Gasteiger partial charge in [-0.15, -0.1) is 0 Å². The molecule has 4 bridgehead atoms. The van der Waals surface area contributed by atoms with Gasteiger partial charge in [0.15, 0.2) is 0 Å². The molecule has 29 heavy (non-hydrogen) atoms. The quantitative estimate of drug-likeness (QED) is 0.691. The maximum absolute atomic E-state index is 12.9. The summed E-state index contributed by atoms with van der Waals surface area (Å²) in [6.07, 6.45) is 14.4. The molecule has 0 spiro atoms. The minimum absolute atomic E-state index is 0.167. The Hall–Kier alpha value is -2.69. The van der Waals surface area contributed by atoms with E-state index in [2.05, 4.69) is 15.3 Å². The van der Waals surface area contributed by atoms with Crippen LogP contribution < -0.4 is 5.32 Å². The lowest BCUT2D eigenvalue weighted by molar-refractivity contribution is -0.124. The molecule has 5 heteroatoms. The van der Waals surface area contributed by atoms with Gasteiger partial charge in [0.1, 0.15) is 0 Å². The molecule has 2 aromatic heterocycles. The van der Waals surface area contributed by atoms with Crippen LogP contribution >= 0.6 is 0 Å². The Kier molecular flexibility index (Phi) is 3.80. The molecule has 0 radical (unpaired) electrons. The zero-order valence-electron chi connectivity index (χ0n) is 16.6. The number of anilines is 1. The highest BCUT2D eigenvalue weighted by molar-refractivity contribution is 5.92. The molecule has 5 nitrogen and oxygen atoms in total. The molecule has 7 rings (SSSR count). The monoisotopic (exact) mass is 386 g/mol. The summed E-state index contributed by atoms with van der Waals surface area (Å²) in [5.41, 5.74) is 2.97. The van der Waals surface area contributed by atoms with E-state index >= 15 is 0 Å². The van der Waals surface area contributed by atoms with Crippen molar-refractivity contribution in [2.75, 3.05) is 5.32 Å². The predicted octanol–water partition coefficient (Wildman–Crippen LogP) is 4.94. The van der Waals surface area contributed by atoms with Gasteiger partial charge in [0, 0.05) is 36.3 Å². The third kappa shape index (κ3) is 3.13. The third-order valence-electron chi connectivity index (χ3n) is 7.38. The Morgan fingerprint density at radius 1 is 1.10 bits per heavy atom. The molecule has 0 saturated heterocycles. The molecule has 0 unspecified atom stereocenters. The summed E-state index contributed by atoms with van der Waals surface area (Å²) in [4.78, 5) is 21.8. The number of benzene rings is 1. The van der Waals surface area contributed by atoms with E-state index in [4.69, 9.17) is 0 Å². The molecule has 1 amide bonds. The predicted molar refractivity (Wildman–Crippen MR) is 112 cm³/mol. The number of carbonyl (C=O) groups is 1. The standard InChI is InChI=1S/C24H26N4O/c29-22(14-24-11-16-7-17(12-24)9-18(8-16)13-24)26-20-4-1-3-19(10-20)21-15-28-6-2-5-25-23(28)27-21/h1-6,10,15-18H,7-9,11-14H2,(H,26,29). The van der Waals surface area contributed by atoms with Crippen molar-refractivity contribution in [3.05, 3.63) is 48.9 Å². The van der Waals surface area contributed by atoms with Crippen LogP contribution in [0, 0.1) is 23.2 Å². The van der Waals surface area contributed by atoms with Gasteiger partial charge < -0.3 is 5.32 Å². The van der Waals surface area contributed by atoms with Crippen molar-refractivity contribution in [2.24, 2.45) is 23.2 Å². The van der Waals surface area contributed by atoms with Crippen molar-refractivity contribution in [2.45, 2.75) is 44.9 Å². The topological polar surface area (TPSA) is 59.3 Å². The zero-order chi connectivity index (χ0) is 19.4. The van der Waals surface area contributed by atoms with Crippen molar-refractivity contribution in [3.8, 4) is 11.3 Å². The van der Waals surface area contributed by atoms with Gasteiger partial charge in [-0.3, -0.25) is 9.20 Å². The van der Waals surface area contributed by atoms with E-state index in [-0.39, 0.29) is 11.3 Å². The van der Waals surface area contributed by atoms with Crippen molar-refractivity contribution < 1.29 is 4.79 Å². The summed E-state index contributed by atoms with van der Waals surface area (Å²) in [7, 11) is 0. The average Bonchev–Trinajstić information content (AvgIpc) is 3.11. The second kappa shape index (κ2) is 6.41. The second-order valence-electron chi connectivity index (χ2n) is 9.68. The number of hydrogen-bond donors (Lipinski definition) is 1. The molecule has 4 saturated carbocycles. The maximum atomic E-state index is 12.9. The molecule has 148 valence electrons. The van der Waals surface area contributed by atoms with E-state index in [0.29, 0.717) is 12.2 Å². The average molecular weight is 386 g/mol. The van der Waals surface area contributed by atoms with Gasteiger partial charge in [-0.2, -0.15) is 0 Å². The number of imidazole rings is 1. The van der Waals surface area contributed by atoms with Crippen molar-refractivity contribution in [3.63, 3.8) is 0 Å². The number of fused-ring (bicyclic) bond motifs is 1. The normalized spacial score (nSPS) is 30.0. The molecular formula is C24H26N4O. The van der Waals surface area contributed by atoms with E-state index in [9.17, 15) is 4.79 Å². The summed E-state index contributed by atoms with van der Waals surface area (Å²) >= 11 is 0. The minimum atomic E-state index is 0.167. The summed E-state index contributed by atoms with van der Waals surface area (Å²) in [6, 6.07) is 9.87. The van der Waals surface area contributed by atoms with Gasteiger partial charge in [-0.05, 0) is 79.9 Å². The lowest BCUT2D eigenvalue weighted by Crippen LogP contribution is -2.47. The lowest BCUT2D eigenvalue weighted by atomic mass is 9.49. The summed E-state index contributed by atoms with van der Waals surface area (Å²) in [5, 5.41) is 3.17. The molecule has 0 aliphatic heterocycles. The van der Waals surface area contributed by atoms with Gasteiger partial charge in [-0.1, -0.05) is 12.1 Å². The van der Waals surface area contributed by atoms with Gasteiger partial charge in [0.2, 0.25) is 11.7 Å². The first-order valence-corrected chi connectivity index (χ1v) is 10.8. The van der Waals surface area contributed by atoms with E-state index in [0.717, 1.165) is 34.7 Å². The van der Waals surface area contributed by atoms with Crippen molar-refractivity contribution in [1.82, 2.24) is 14.4 Å². The molecular weight excluding hydrogens is 360 g/mol. The fraction of sp³-hybridized carbons (Fsp3) is 0.458. The SMILES string of the molecule is O=C(CC12CC3CC(CC(C3)C1)C2)Nc1cccc(-c2cn3cccnc3n2)c1. The van der Waals surface area contributed by atoms with Crippen LogP contribution in [-0.4, -0.2) is 20.3 Å². The fourth-order valence-electron chi connectivity index (χ4n) is 6.78. The number of nitrogens with one attached hydrogen (secondary N) is 1. The molecule has 1 aromatic carbocycles. The highest BCUT2D eigenvalue weighted by Gasteiger charge is 2.51. The summed E-state index contributed by atoms with van der Waals surface area (Å²) in [5.74, 6) is 3.47. The van der Waals surface area contributed by atoms with E-state index in [1.165, 1.54) is 38.5 Å². The molecule has 4 aliphatic rings. The Morgan fingerprint density at radius 2 is 1.86 bits per heavy atom. The van der Waals surface area contributed by atoms with Crippen LogP contribution in [0.25, 0.3) is 17.0 Å². The number of hydrogen-bond acceptors (Lipinski definition) is 3. The molecule has 2 heterocycles. The van der Waals surface area contributed by atoms with Crippen LogP contribution in [0.1, 0.15) is 44.9 Å². The second-order valence-corrected chi connectivity index (χ2v) is 9.68. The first-order chi connectivity index (χ1) is 14.1. The van der Waals surface area contributed by atoms with Crippen LogP contribution in [0.3, 0.4) is 0 Å². The number of amides is 1. The van der Waals surface area contributed by atoms with Gasteiger partial charge in [0.25, 0.3) is 0 Å². The lowest BCUT2D eigenvalue weighted by Gasteiger charge is -2.56. The van der Waals surface area contributed by atoms with Crippen LogP contribution in [-0.2, 0) is 4.79 Å². The Balaban J connectivity index is 1.19. The number of rotatable bonds is 4. The van der Waals surface area contributed by atoms with Crippen LogP contribution in [0.2, 0.25) is 0 Å². The smallest absolute Gasteiger partial charge is 0.234 e. The minimum Gasteiger partial charge on any atom is -0.326 e. The van der Waals surface area contributed by atoms with Crippen LogP contribution in [0.5, 0.6) is 0 Å². The molecule has 0 atom stereocenters. The van der Waals surface area contributed by atoms with Crippen LogP contribution in [0.4, 0.5) is 5.69 Å². The largest absolute Gasteiger partial charge is 0.326 e. The summed E-state index contributed by atoms with van der Waals surface area (Å²) in [6.45, 7) is 0. The fourth-order valence-corrected chi connectivity index (χ4v) is 6.78. The molecule has 4 aliphatic carbocycles.